The van der Waals surface area contributed by atoms with Crippen molar-refractivity contribution in [3.63, 3.8) is 0 Å². The molecule has 5 nitrogen and oxygen atoms in total. The minimum Gasteiger partial charge on any atom is -0.490 e. The molecule has 1 atom stereocenters. The third-order valence-corrected chi connectivity index (χ3v) is 7.15. The smallest absolute Gasteiger partial charge is 0.345 e. The fourth-order valence-corrected chi connectivity index (χ4v) is 5.46. The van der Waals surface area contributed by atoms with E-state index >= 15 is 0 Å². The van der Waals surface area contributed by atoms with Gasteiger partial charge in [-0.15, -0.1) is 12.4 Å². The van der Waals surface area contributed by atoms with Gasteiger partial charge < -0.3 is 14.8 Å². The number of hydrogen-bond donors (Lipinski definition) is 1. The quantitative estimate of drug-likeness (QED) is 0.526. The molecule has 0 radical (unpaired) electrons. The minimum atomic E-state index is -2.72. The normalized spacial score (nSPS) is 21.7. The SMILES string of the molecule is Cl.FC(F)OCCCC1c2c(OC3CC4(CNC4)C3)ccnc2CCN1Cc1ccccc1. The predicted octanol–water partition coefficient (Wildman–Crippen LogP) is 4.75. The first kappa shape index (κ1) is 24.3. The van der Waals surface area contributed by atoms with Crippen LogP contribution >= 0.6 is 12.4 Å². The topological polar surface area (TPSA) is 46.6 Å². The van der Waals surface area contributed by atoms with E-state index < -0.39 is 6.61 Å². The van der Waals surface area contributed by atoms with Gasteiger partial charge in [0.15, 0.2) is 0 Å². The summed E-state index contributed by atoms with van der Waals surface area (Å²) in [4.78, 5) is 7.10. The number of fused-ring (bicyclic) bond motifs is 1. The maximum absolute atomic E-state index is 12.5. The lowest BCUT2D eigenvalue weighted by Gasteiger charge is -2.54. The van der Waals surface area contributed by atoms with Gasteiger partial charge in [0, 0.05) is 55.8 Å². The van der Waals surface area contributed by atoms with Crippen molar-refractivity contribution in [2.75, 3.05) is 26.2 Å². The van der Waals surface area contributed by atoms with E-state index in [-0.39, 0.29) is 31.2 Å². The number of halogens is 3. The summed E-state index contributed by atoms with van der Waals surface area (Å²) in [5.41, 5.74) is 3.91. The predicted molar refractivity (Wildman–Crippen MR) is 125 cm³/mol. The van der Waals surface area contributed by atoms with Crippen LogP contribution in [0.3, 0.4) is 0 Å². The summed E-state index contributed by atoms with van der Waals surface area (Å²) in [6.07, 6.45) is 6.43. The molecule has 1 N–H and O–H groups in total. The van der Waals surface area contributed by atoms with Crippen LogP contribution in [0.5, 0.6) is 5.75 Å². The van der Waals surface area contributed by atoms with Gasteiger partial charge in [-0.05, 0) is 37.3 Å². The number of alkyl halides is 2. The number of hydrogen-bond acceptors (Lipinski definition) is 5. The Balaban J connectivity index is 0.00000259. The molecule has 3 heterocycles. The average molecular weight is 480 g/mol. The van der Waals surface area contributed by atoms with Crippen molar-refractivity contribution in [1.82, 2.24) is 15.2 Å². The number of rotatable bonds is 9. The summed E-state index contributed by atoms with van der Waals surface area (Å²) in [6, 6.07) is 12.4. The fourth-order valence-electron chi connectivity index (χ4n) is 5.46. The molecule has 1 aliphatic carbocycles. The second-order valence-electron chi connectivity index (χ2n) is 9.42. The van der Waals surface area contributed by atoms with E-state index in [4.69, 9.17) is 4.74 Å². The molecule has 1 aromatic heterocycles. The van der Waals surface area contributed by atoms with Crippen molar-refractivity contribution in [2.45, 2.75) is 57.4 Å². The first-order valence-corrected chi connectivity index (χ1v) is 11.6. The largest absolute Gasteiger partial charge is 0.490 e. The van der Waals surface area contributed by atoms with Gasteiger partial charge in [0.05, 0.1) is 18.4 Å². The lowest BCUT2D eigenvalue weighted by molar-refractivity contribution is -0.130. The number of ether oxygens (including phenoxy) is 2. The zero-order valence-corrected chi connectivity index (χ0v) is 19.5. The van der Waals surface area contributed by atoms with Gasteiger partial charge in [-0.2, -0.15) is 8.78 Å². The van der Waals surface area contributed by atoms with Crippen molar-refractivity contribution in [3.8, 4) is 5.75 Å². The van der Waals surface area contributed by atoms with E-state index in [2.05, 4.69) is 44.2 Å². The average Bonchev–Trinajstić information content (AvgIpc) is 2.73. The molecule has 2 aliphatic heterocycles. The number of pyridine rings is 1. The highest BCUT2D eigenvalue weighted by molar-refractivity contribution is 5.85. The molecule has 1 saturated heterocycles. The van der Waals surface area contributed by atoms with Gasteiger partial charge in [-0.25, -0.2) is 0 Å². The van der Waals surface area contributed by atoms with Gasteiger partial charge in [-0.1, -0.05) is 30.3 Å². The van der Waals surface area contributed by atoms with Crippen LogP contribution in [0.1, 0.15) is 48.5 Å². The van der Waals surface area contributed by atoms with E-state index in [0.717, 1.165) is 68.9 Å². The second kappa shape index (κ2) is 10.6. The van der Waals surface area contributed by atoms with Crippen LogP contribution in [0.25, 0.3) is 0 Å². The van der Waals surface area contributed by atoms with E-state index in [9.17, 15) is 8.78 Å². The molecule has 2 fully saturated rings. The summed E-state index contributed by atoms with van der Waals surface area (Å²) >= 11 is 0. The van der Waals surface area contributed by atoms with Crippen molar-refractivity contribution < 1.29 is 18.3 Å². The summed E-state index contributed by atoms with van der Waals surface area (Å²) < 4.78 is 36.0. The molecule has 0 bridgehead atoms. The minimum absolute atomic E-state index is 0. The first-order chi connectivity index (χ1) is 15.6. The number of nitrogens with one attached hydrogen (secondary N) is 1. The highest BCUT2D eigenvalue weighted by atomic mass is 35.5. The Hall–Kier alpha value is -1.80. The maximum Gasteiger partial charge on any atom is 0.345 e. The van der Waals surface area contributed by atoms with Crippen LogP contribution in [0.15, 0.2) is 42.6 Å². The standard InChI is InChI=1S/C25H31F2N3O2.ClH/c26-24(27)31-12-4-7-21-23-20(9-11-30(21)15-18-5-2-1-3-6-18)29-10-8-22(23)32-19-13-25(14-19)16-28-17-25;/h1-3,5-6,8,10,19,21,24,28H,4,7,9,11-17H2;1H. The fraction of sp³-hybridized carbons (Fsp3) is 0.560. The van der Waals surface area contributed by atoms with Gasteiger partial charge in [0.2, 0.25) is 0 Å². The zero-order chi connectivity index (χ0) is 22.0. The van der Waals surface area contributed by atoms with Crippen molar-refractivity contribution in [2.24, 2.45) is 5.41 Å². The Labute approximate surface area is 200 Å². The Morgan fingerprint density at radius 2 is 1.94 bits per heavy atom. The monoisotopic (exact) mass is 479 g/mol. The molecule has 1 saturated carbocycles. The summed E-state index contributed by atoms with van der Waals surface area (Å²) in [6.45, 7) is 1.22. The van der Waals surface area contributed by atoms with Crippen molar-refractivity contribution >= 4 is 12.4 Å². The van der Waals surface area contributed by atoms with Crippen molar-refractivity contribution in [3.05, 3.63) is 59.4 Å². The van der Waals surface area contributed by atoms with Gasteiger partial charge in [-0.3, -0.25) is 9.88 Å². The Kier molecular flexibility index (Phi) is 7.84. The molecule has 5 rings (SSSR count). The van der Waals surface area contributed by atoms with Crippen LogP contribution in [-0.4, -0.2) is 48.8 Å². The molecule has 3 aliphatic rings. The molecule has 33 heavy (non-hydrogen) atoms. The lowest BCUT2D eigenvalue weighted by Crippen LogP contribution is -2.62. The van der Waals surface area contributed by atoms with Crippen LogP contribution in [0.2, 0.25) is 0 Å². The molecule has 1 unspecified atom stereocenters. The Morgan fingerprint density at radius 3 is 2.64 bits per heavy atom. The van der Waals surface area contributed by atoms with Crippen LogP contribution in [0, 0.1) is 5.41 Å². The zero-order valence-electron chi connectivity index (χ0n) is 18.7. The van der Waals surface area contributed by atoms with E-state index in [1.54, 1.807) is 0 Å². The molecule has 2 aromatic rings. The second-order valence-corrected chi connectivity index (χ2v) is 9.42. The highest BCUT2D eigenvalue weighted by Gasteiger charge is 2.50. The third-order valence-electron chi connectivity index (χ3n) is 7.15. The highest BCUT2D eigenvalue weighted by Crippen LogP contribution is 2.47. The van der Waals surface area contributed by atoms with Gasteiger partial charge in [0.1, 0.15) is 5.75 Å². The molecule has 8 heteroatoms. The van der Waals surface area contributed by atoms with Crippen molar-refractivity contribution in [1.29, 1.82) is 0 Å². The summed E-state index contributed by atoms with van der Waals surface area (Å²) in [5.74, 6) is 0.916. The number of nitrogens with zero attached hydrogens (tertiary/aromatic N) is 2. The molecular weight excluding hydrogens is 448 g/mol. The van der Waals surface area contributed by atoms with E-state index in [1.807, 2.05) is 18.3 Å². The maximum atomic E-state index is 12.5. The van der Waals surface area contributed by atoms with Gasteiger partial charge >= 0.3 is 6.61 Å². The van der Waals surface area contributed by atoms with Gasteiger partial charge in [0.25, 0.3) is 0 Å². The van der Waals surface area contributed by atoms with E-state index in [0.29, 0.717) is 11.8 Å². The van der Waals surface area contributed by atoms with E-state index in [1.165, 1.54) is 5.56 Å². The summed E-state index contributed by atoms with van der Waals surface area (Å²) in [7, 11) is 0. The molecule has 180 valence electrons. The van der Waals surface area contributed by atoms with Crippen LogP contribution in [-0.2, 0) is 17.7 Å². The number of benzene rings is 1. The molecule has 1 aromatic carbocycles. The first-order valence-electron chi connectivity index (χ1n) is 11.6. The Bertz CT molecular complexity index is 906. The third kappa shape index (κ3) is 5.48. The van der Waals surface area contributed by atoms with Crippen LogP contribution < -0.4 is 10.1 Å². The summed E-state index contributed by atoms with van der Waals surface area (Å²) in [5, 5.41) is 3.37. The molecule has 0 amide bonds. The Morgan fingerprint density at radius 1 is 1.15 bits per heavy atom. The molecule has 1 spiro atoms. The lowest BCUT2D eigenvalue weighted by atomic mass is 9.63. The van der Waals surface area contributed by atoms with Crippen LogP contribution in [0.4, 0.5) is 8.78 Å². The molecular formula is C25H32ClF2N3O2. The number of aromatic nitrogens is 1.